The van der Waals surface area contributed by atoms with Gasteiger partial charge in [-0.3, -0.25) is 4.79 Å². The van der Waals surface area contributed by atoms with Crippen molar-refractivity contribution in [2.45, 2.75) is 32.6 Å². The largest absolute Gasteiger partial charge is 0.472 e. The zero-order valence-electron chi connectivity index (χ0n) is 15.0. The summed E-state index contributed by atoms with van der Waals surface area (Å²) in [5.74, 6) is -0.140. The second-order valence-corrected chi connectivity index (χ2v) is 7.13. The summed E-state index contributed by atoms with van der Waals surface area (Å²) in [5.41, 5.74) is 2.26. The van der Waals surface area contributed by atoms with Gasteiger partial charge in [-0.15, -0.1) is 0 Å². The number of furan rings is 1. The fraction of sp³-hybridized carbons (Fsp3) is 0.300. The maximum atomic E-state index is 13.0. The van der Waals surface area contributed by atoms with Crippen molar-refractivity contribution in [2.24, 2.45) is 0 Å². The Kier molecular flexibility index (Phi) is 4.93. The summed E-state index contributed by atoms with van der Waals surface area (Å²) in [6.07, 6.45) is 3.64. The first kappa shape index (κ1) is 17.9. The summed E-state index contributed by atoms with van der Waals surface area (Å²) in [6.45, 7) is 6.34. The summed E-state index contributed by atoms with van der Waals surface area (Å²) in [6, 6.07) is 7.96. The fourth-order valence-electron chi connectivity index (χ4n) is 2.66. The number of aromatic nitrogens is 1. The zero-order valence-corrected chi connectivity index (χ0v) is 15.0. The highest BCUT2D eigenvalue weighted by molar-refractivity contribution is 6.00. The molecule has 1 amide bonds. The first-order valence-electron chi connectivity index (χ1n) is 8.41. The van der Waals surface area contributed by atoms with Gasteiger partial charge < -0.3 is 14.3 Å². The van der Waals surface area contributed by atoms with Gasteiger partial charge in [0, 0.05) is 12.0 Å². The Balaban J connectivity index is 1.79. The molecule has 0 saturated carbocycles. The van der Waals surface area contributed by atoms with Crippen molar-refractivity contribution in [3.63, 3.8) is 0 Å². The van der Waals surface area contributed by atoms with Gasteiger partial charge in [0.2, 0.25) is 0 Å². The lowest BCUT2D eigenvalue weighted by Crippen LogP contribution is -2.28. The van der Waals surface area contributed by atoms with Crippen LogP contribution in [-0.4, -0.2) is 17.6 Å². The Morgan fingerprint density at radius 3 is 2.54 bits per heavy atom. The molecule has 0 aliphatic heterocycles. The number of halogens is 1. The average molecular weight is 356 g/mol. The van der Waals surface area contributed by atoms with Gasteiger partial charge in [-0.2, -0.15) is 0 Å². The molecule has 0 atom stereocenters. The van der Waals surface area contributed by atoms with E-state index in [1.54, 1.807) is 18.2 Å². The molecule has 1 N–H and O–H groups in total. The molecule has 0 bridgehead atoms. The summed E-state index contributed by atoms with van der Waals surface area (Å²) < 4.78 is 23.5. The van der Waals surface area contributed by atoms with E-state index < -0.39 is 0 Å². The van der Waals surface area contributed by atoms with Gasteiger partial charge in [-0.05, 0) is 30.2 Å². The lowest BCUT2D eigenvalue weighted by Gasteiger charge is -2.16. The number of amides is 1. The van der Waals surface area contributed by atoms with Crippen molar-refractivity contribution in [1.29, 1.82) is 0 Å². The van der Waals surface area contributed by atoms with Crippen LogP contribution in [0.1, 0.15) is 42.4 Å². The Morgan fingerprint density at radius 2 is 1.92 bits per heavy atom. The van der Waals surface area contributed by atoms with Crippen molar-refractivity contribution in [3.05, 3.63) is 65.5 Å². The monoisotopic (exact) mass is 356 g/mol. The van der Waals surface area contributed by atoms with Crippen molar-refractivity contribution in [1.82, 2.24) is 10.5 Å². The van der Waals surface area contributed by atoms with E-state index in [0.29, 0.717) is 35.5 Å². The molecular formula is C20H21FN2O3. The van der Waals surface area contributed by atoms with E-state index in [-0.39, 0.29) is 17.1 Å². The van der Waals surface area contributed by atoms with Crippen LogP contribution < -0.4 is 5.32 Å². The smallest absolute Gasteiger partial charge is 0.257 e. The third kappa shape index (κ3) is 3.85. The summed E-state index contributed by atoms with van der Waals surface area (Å²) in [5, 5.41) is 7.02. The van der Waals surface area contributed by atoms with Gasteiger partial charge >= 0.3 is 0 Å². The van der Waals surface area contributed by atoms with Gasteiger partial charge in [0.05, 0.1) is 11.8 Å². The highest BCUT2D eigenvalue weighted by Crippen LogP contribution is 2.33. The summed E-state index contributed by atoms with van der Waals surface area (Å²) >= 11 is 0. The predicted octanol–water partition coefficient (Wildman–Crippen LogP) is 4.34. The second-order valence-electron chi connectivity index (χ2n) is 7.13. The van der Waals surface area contributed by atoms with E-state index >= 15 is 0 Å². The number of nitrogens with one attached hydrogen (secondary N) is 1. The van der Waals surface area contributed by atoms with Gasteiger partial charge in [0.25, 0.3) is 5.91 Å². The molecule has 5 nitrogen and oxygen atoms in total. The topological polar surface area (TPSA) is 68.3 Å². The molecule has 26 heavy (non-hydrogen) atoms. The van der Waals surface area contributed by atoms with E-state index in [2.05, 4.69) is 10.5 Å². The Hall–Kier alpha value is -2.89. The van der Waals surface area contributed by atoms with E-state index in [1.165, 1.54) is 24.7 Å². The summed E-state index contributed by atoms with van der Waals surface area (Å²) in [4.78, 5) is 12.8. The van der Waals surface area contributed by atoms with E-state index in [0.717, 1.165) is 5.56 Å². The number of hydrogen-bond donors (Lipinski definition) is 1. The van der Waals surface area contributed by atoms with Crippen LogP contribution in [0.4, 0.5) is 4.39 Å². The molecule has 0 unspecified atom stereocenters. The van der Waals surface area contributed by atoms with Crippen LogP contribution in [0.25, 0.3) is 11.3 Å². The average Bonchev–Trinajstić information content (AvgIpc) is 3.25. The summed E-state index contributed by atoms with van der Waals surface area (Å²) in [7, 11) is 0. The fourth-order valence-corrected chi connectivity index (χ4v) is 2.66. The van der Waals surface area contributed by atoms with E-state index in [9.17, 15) is 9.18 Å². The molecule has 0 radical (unpaired) electrons. The molecule has 2 heterocycles. The van der Waals surface area contributed by atoms with Crippen molar-refractivity contribution in [3.8, 4) is 11.3 Å². The Morgan fingerprint density at radius 1 is 1.19 bits per heavy atom. The number of carbonyl (C=O) groups excluding carboxylic acids is 1. The number of benzene rings is 1. The maximum Gasteiger partial charge on any atom is 0.257 e. The van der Waals surface area contributed by atoms with Crippen LogP contribution in [0.3, 0.4) is 0 Å². The lowest BCUT2D eigenvalue weighted by molar-refractivity contribution is 0.0952. The van der Waals surface area contributed by atoms with Crippen LogP contribution in [0.5, 0.6) is 0 Å². The Labute approximate surface area is 151 Å². The Bertz CT molecular complexity index is 875. The molecule has 0 saturated heterocycles. The van der Waals surface area contributed by atoms with Gasteiger partial charge in [-0.25, -0.2) is 4.39 Å². The first-order valence-corrected chi connectivity index (χ1v) is 8.41. The number of nitrogens with zero attached hydrogens (tertiary/aromatic N) is 1. The molecule has 3 aromatic rings. The highest BCUT2D eigenvalue weighted by Gasteiger charge is 2.31. The van der Waals surface area contributed by atoms with Gasteiger partial charge in [-0.1, -0.05) is 38.1 Å². The van der Waals surface area contributed by atoms with Gasteiger partial charge in [0.15, 0.2) is 5.76 Å². The van der Waals surface area contributed by atoms with Crippen molar-refractivity contribution in [2.75, 3.05) is 6.54 Å². The standard InChI is InChI=1S/C20H21FN2O3/c1-20(2,3)18-16(17(26-23-18)14-9-11-25-12-14)19(24)22-10-8-13-4-6-15(21)7-5-13/h4-7,9,11-12H,8,10H2,1-3H3,(H,22,24). The molecule has 3 rings (SSSR count). The SMILES string of the molecule is CC(C)(C)c1noc(-c2ccoc2)c1C(=O)NCCc1ccc(F)cc1. The van der Waals surface area contributed by atoms with Crippen molar-refractivity contribution >= 4 is 5.91 Å². The number of rotatable bonds is 5. The number of carbonyl (C=O) groups is 1. The van der Waals surface area contributed by atoms with E-state index in [1.807, 2.05) is 20.8 Å². The van der Waals surface area contributed by atoms with Gasteiger partial charge in [0.1, 0.15) is 23.3 Å². The minimum atomic E-state index is -0.352. The van der Waals surface area contributed by atoms with Crippen LogP contribution in [0.15, 0.2) is 51.8 Å². The molecule has 0 aliphatic rings. The number of hydrogen-bond acceptors (Lipinski definition) is 4. The normalized spacial score (nSPS) is 11.5. The molecular weight excluding hydrogens is 335 g/mol. The van der Waals surface area contributed by atoms with Crippen LogP contribution in [0.2, 0.25) is 0 Å². The predicted molar refractivity (Wildman–Crippen MR) is 95.3 cm³/mol. The second kappa shape index (κ2) is 7.15. The van der Waals surface area contributed by atoms with Crippen LogP contribution in [-0.2, 0) is 11.8 Å². The quantitative estimate of drug-likeness (QED) is 0.738. The molecule has 0 spiro atoms. The van der Waals surface area contributed by atoms with Crippen LogP contribution in [0, 0.1) is 5.82 Å². The first-order chi connectivity index (χ1) is 12.4. The molecule has 0 fully saturated rings. The molecule has 1 aromatic carbocycles. The third-order valence-corrected chi connectivity index (χ3v) is 4.03. The molecule has 6 heteroatoms. The van der Waals surface area contributed by atoms with Crippen molar-refractivity contribution < 1.29 is 18.1 Å². The van der Waals surface area contributed by atoms with Crippen LogP contribution >= 0.6 is 0 Å². The van der Waals surface area contributed by atoms with E-state index in [4.69, 9.17) is 8.94 Å². The minimum Gasteiger partial charge on any atom is -0.472 e. The molecule has 2 aromatic heterocycles. The molecule has 136 valence electrons. The maximum absolute atomic E-state index is 13.0. The lowest BCUT2D eigenvalue weighted by atomic mass is 9.88. The third-order valence-electron chi connectivity index (χ3n) is 4.03. The zero-order chi connectivity index (χ0) is 18.7. The highest BCUT2D eigenvalue weighted by atomic mass is 19.1. The molecule has 0 aliphatic carbocycles. The minimum absolute atomic E-state index is 0.255.